The summed E-state index contributed by atoms with van der Waals surface area (Å²) in [4.78, 5) is 1.88. The summed E-state index contributed by atoms with van der Waals surface area (Å²) in [6.07, 6.45) is -0.352. The minimum atomic E-state index is -0.633. The Hall–Kier alpha value is -2.32. The number of benzene rings is 2. The average Bonchev–Trinajstić information content (AvgIpc) is 2.68. The molecule has 0 aliphatic carbocycles. The third-order valence-electron chi connectivity index (χ3n) is 4.13. The van der Waals surface area contributed by atoms with Gasteiger partial charge in [-0.2, -0.15) is 0 Å². The minimum Gasteiger partial charge on any atom is -0.488 e. The molecule has 144 valence electrons. The van der Waals surface area contributed by atoms with Gasteiger partial charge in [0.15, 0.2) is 16.7 Å². The first kappa shape index (κ1) is 19.4. The zero-order valence-electron chi connectivity index (χ0n) is 14.5. The van der Waals surface area contributed by atoms with Crippen LogP contribution in [0.2, 0.25) is 0 Å². The Labute approximate surface area is 160 Å². The molecule has 2 aromatic rings. The maximum absolute atomic E-state index is 13.7. The third kappa shape index (κ3) is 5.33. The second-order valence-corrected chi connectivity index (χ2v) is 6.46. The van der Waals surface area contributed by atoms with Crippen molar-refractivity contribution in [2.75, 3.05) is 26.3 Å². The second-order valence-electron chi connectivity index (χ2n) is 6.07. The highest BCUT2D eigenvalue weighted by atomic mass is 32.1. The van der Waals surface area contributed by atoms with E-state index in [1.54, 1.807) is 18.2 Å². The van der Waals surface area contributed by atoms with Crippen molar-refractivity contribution in [1.29, 1.82) is 0 Å². The molecule has 0 bridgehead atoms. The molecule has 0 amide bonds. The number of hydrogen-bond donors (Lipinski definition) is 1. The highest BCUT2D eigenvalue weighted by molar-refractivity contribution is 7.80. The molecule has 27 heavy (non-hydrogen) atoms. The fraction of sp³-hybridized carbons (Fsp3) is 0.316. The van der Waals surface area contributed by atoms with Crippen molar-refractivity contribution < 1.29 is 22.6 Å². The minimum absolute atomic E-state index is 0.0623. The number of halogens is 3. The van der Waals surface area contributed by atoms with Crippen molar-refractivity contribution in [3.8, 4) is 5.75 Å². The quantitative estimate of drug-likeness (QED) is 0.785. The van der Waals surface area contributed by atoms with Crippen LogP contribution in [-0.4, -0.2) is 42.4 Å². The maximum atomic E-state index is 13.7. The molecule has 3 rings (SSSR count). The Morgan fingerprint density at radius 3 is 2.81 bits per heavy atom. The lowest BCUT2D eigenvalue weighted by molar-refractivity contribution is -0.0294. The Balaban J connectivity index is 1.50. The highest BCUT2D eigenvalue weighted by Gasteiger charge is 2.23. The molecule has 1 aliphatic heterocycles. The van der Waals surface area contributed by atoms with Crippen LogP contribution >= 0.6 is 12.2 Å². The van der Waals surface area contributed by atoms with Gasteiger partial charge in [-0.15, -0.1) is 0 Å². The van der Waals surface area contributed by atoms with Gasteiger partial charge in [0.2, 0.25) is 0 Å². The zero-order valence-corrected chi connectivity index (χ0v) is 15.3. The van der Waals surface area contributed by atoms with Gasteiger partial charge in [0.05, 0.1) is 6.61 Å². The average molecular weight is 396 g/mol. The molecule has 1 unspecified atom stereocenters. The van der Waals surface area contributed by atoms with Crippen molar-refractivity contribution in [3.63, 3.8) is 0 Å². The normalized spacial score (nSPS) is 16.9. The van der Waals surface area contributed by atoms with Crippen molar-refractivity contribution in [1.82, 2.24) is 10.2 Å². The van der Waals surface area contributed by atoms with E-state index in [-0.39, 0.29) is 30.8 Å². The summed E-state index contributed by atoms with van der Waals surface area (Å²) in [6, 6.07) is 9.52. The summed E-state index contributed by atoms with van der Waals surface area (Å²) in [7, 11) is 0. The first-order valence-corrected chi connectivity index (χ1v) is 8.89. The summed E-state index contributed by atoms with van der Waals surface area (Å²) in [5, 5.41) is 3.51. The van der Waals surface area contributed by atoms with Gasteiger partial charge in [-0.3, -0.25) is 0 Å². The Kier molecular flexibility index (Phi) is 6.52. The lowest BCUT2D eigenvalue weighted by Crippen LogP contribution is -2.50. The molecule has 2 aromatic carbocycles. The third-order valence-corrected chi connectivity index (χ3v) is 4.53. The number of morpholine rings is 1. The van der Waals surface area contributed by atoms with Crippen LogP contribution in [0.4, 0.5) is 13.2 Å². The summed E-state index contributed by atoms with van der Waals surface area (Å²) in [5.74, 6) is -1.66. The Morgan fingerprint density at radius 2 is 2.00 bits per heavy atom. The zero-order chi connectivity index (χ0) is 19.2. The predicted molar refractivity (Wildman–Crippen MR) is 99.0 cm³/mol. The van der Waals surface area contributed by atoms with E-state index in [1.165, 1.54) is 6.07 Å². The molecule has 8 heteroatoms. The number of rotatable bonds is 5. The van der Waals surface area contributed by atoms with Crippen LogP contribution in [0.15, 0.2) is 42.5 Å². The largest absolute Gasteiger partial charge is 0.488 e. The van der Waals surface area contributed by atoms with E-state index in [4.69, 9.17) is 21.7 Å². The molecule has 1 aliphatic rings. The van der Waals surface area contributed by atoms with Crippen LogP contribution < -0.4 is 10.1 Å². The molecule has 0 aromatic heterocycles. The number of ether oxygens (including phenoxy) is 2. The van der Waals surface area contributed by atoms with Gasteiger partial charge < -0.3 is 19.7 Å². The SMILES string of the molecule is Fc1ccc(F)c(OCC2CN(C(=S)NCc3ccccc3F)CCO2)c1. The van der Waals surface area contributed by atoms with Gasteiger partial charge in [0, 0.05) is 31.3 Å². The molecule has 1 heterocycles. The van der Waals surface area contributed by atoms with Gasteiger partial charge in [0.1, 0.15) is 24.3 Å². The molecule has 1 N–H and O–H groups in total. The molecular formula is C19H19F3N2O2S. The molecule has 0 spiro atoms. The Morgan fingerprint density at radius 1 is 1.19 bits per heavy atom. The van der Waals surface area contributed by atoms with E-state index < -0.39 is 11.6 Å². The molecular weight excluding hydrogens is 377 g/mol. The molecule has 4 nitrogen and oxygen atoms in total. The van der Waals surface area contributed by atoms with Gasteiger partial charge in [-0.25, -0.2) is 13.2 Å². The first-order valence-electron chi connectivity index (χ1n) is 8.48. The van der Waals surface area contributed by atoms with Crippen molar-refractivity contribution in [2.45, 2.75) is 12.6 Å². The van der Waals surface area contributed by atoms with Gasteiger partial charge in [0.25, 0.3) is 0 Å². The lowest BCUT2D eigenvalue weighted by atomic mass is 10.2. The smallest absolute Gasteiger partial charge is 0.169 e. The number of nitrogens with zero attached hydrogens (tertiary/aromatic N) is 1. The van der Waals surface area contributed by atoms with Crippen LogP contribution in [0.1, 0.15) is 5.56 Å². The van der Waals surface area contributed by atoms with Crippen LogP contribution in [0.25, 0.3) is 0 Å². The van der Waals surface area contributed by atoms with Gasteiger partial charge >= 0.3 is 0 Å². The second kappa shape index (κ2) is 9.05. The van der Waals surface area contributed by atoms with E-state index in [9.17, 15) is 13.2 Å². The van der Waals surface area contributed by atoms with Crippen molar-refractivity contribution >= 4 is 17.3 Å². The molecule has 1 atom stereocenters. The topological polar surface area (TPSA) is 33.7 Å². The first-order chi connectivity index (χ1) is 13.0. The van der Waals surface area contributed by atoms with Crippen LogP contribution in [0, 0.1) is 17.5 Å². The highest BCUT2D eigenvalue weighted by Crippen LogP contribution is 2.19. The van der Waals surface area contributed by atoms with E-state index in [2.05, 4.69) is 5.32 Å². The van der Waals surface area contributed by atoms with Gasteiger partial charge in [-0.05, 0) is 30.4 Å². The van der Waals surface area contributed by atoms with Crippen molar-refractivity contribution in [2.24, 2.45) is 0 Å². The monoisotopic (exact) mass is 396 g/mol. The number of thiocarbonyl (C=S) groups is 1. The molecule has 1 saturated heterocycles. The Bertz CT molecular complexity index is 806. The van der Waals surface area contributed by atoms with E-state index in [0.717, 1.165) is 18.2 Å². The molecule has 1 fully saturated rings. The number of hydrogen-bond acceptors (Lipinski definition) is 3. The fourth-order valence-corrected chi connectivity index (χ4v) is 2.94. The number of nitrogens with one attached hydrogen (secondary N) is 1. The van der Waals surface area contributed by atoms with Crippen LogP contribution in [0.3, 0.4) is 0 Å². The maximum Gasteiger partial charge on any atom is 0.169 e. The van der Waals surface area contributed by atoms with Crippen LogP contribution in [-0.2, 0) is 11.3 Å². The van der Waals surface area contributed by atoms with E-state index in [0.29, 0.717) is 30.4 Å². The summed E-state index contributed by atoms with van der Waals surface area (Å²) >= 11 is 5.37. The lowest BCUT2D eigenvalue weighted by Gasteiger charge is -2.34. The van der Waals surface area contributed by atoms with E-state index in [1.807, 2.05) is 4.90 Å². The summed E-state index contributed by atoms with van der Waals surface area (Å²) in [6.45, 7) is 1.76. The fourth-order valence-electron chi connectivity index (χ4n) is 2.70. The predicted octanol–water partition coefficient (Wildman–Crippen LogP) is 3.26. The molecule has 0 radical (unpaired) electrons. The van der Waals surface area contributed by atoms with E-state index >= 15 is 0 Å². The standard InChI is InChI=1S/C19H19F3N2O2S/c20-14-5-6-17(22)18(9-14)26-12-15-11-24(7-8-25-15)19(27)23-10-13-3-1-2-4-16(13)21/h1-6,9,15H,7-8,10-12H2,(H,23,27). The molecule has 0 saturated carbocycles. The summed E-state index contributed by atoms with van der Waals surface area (Å²) in [5.41, 5.74) is 0.523. The van der Waals surface area contributed by atoms with Crippen LogP contribution in [0.5, 0.6) is 5.75 Å². The van der Waals surface area contributed by atoms with Crippen molar-refractivity contribution in [3.05, 3.63) is 65.5 Å². The van der Waals surface area contributed by atoms with Gasteiger partial charge in [-0.1, -0.05) is 18.2 Å². The summed E-state index contributed by atoms with van der Waals surface area (Å²) < 4.78 is 51.4.